The average Bonchev–Trinajstić information content (AvgIpc) is 2.22. The Morgan fingerprint density at radius 1 is 1.33 bits per heavy atom. The lowest BCUT2D eigenvalue weighted by Crippen LogP contribution is -2.38. The first-order valence-corrected chi connectivity index (χ1v) is 9.67. The molecule has 0 fully saturated rings. The summed E-state index contributed by atoms with van der Waals surface area (Å²) in [7, 11) is -1.36. The van der Waals surface area contributed by atoms with Crippen LogP contribution in [-0.2, 0) is 14.3 Å². The van der Waals surface area contributed by atoms with Crippen molar-refractivity contribution < 1.29 is 14.3 Å². The first kappa shape index (κ1) is 17.2. The highest BCUT2D eigenvalue weighted by molar-refractivity contribution is 6.80. The zero-order valence-corrected chi connectivity index (χ0v) is 13.3. The fourth-order valence-corrected chi connectivity index (χ4v) is 2.60. The number of ether oxygens (including phenoxy) is 1. The zero-order chi connectivity index (χ0) is 14.2. The Bertz CT molecular complexity index is 272. The summed E-state index contributed by atoms with van der Waals surface area (Å²) in [5, 5.41) is 2.72. The third-order valence-corrected chi connectivity index (χ3v) is 9.29. The minimum absolute atomic E-state index is 0.179. The number of rotatable bonds is 8. The normalized spacial score (nSPS) is 12.1. The van der Waals surface area contributed by atoms with Crippen molar-refractivity contribution >= 4 is 20.5 Å². The molecule has 0 rings (SSSR count). The smallest absolute Gasteiger partial charge is 0.309 e. The number of hydrogen-bond acceptors (Lipinski definition) is 3. The van der Waals surface area contributed by atoms with Crippen molar-refractivity contribution in [3.05, 3.63) is 0 Å². The van der Waals surface area contributed by atoms with Gasteiger partial charge in [-0.3, -0.25) is 9.59 Å². The second-order valence-corrected chi connectivity index (χ2v) is 12.0. The Balaban J connectivity index is 3.77. The minimum Gasteiger partial charge on any atom is -0.466 e. The number of amides is 1. The minimum atomic E-state index is -1.36. The zero-order valence-electron chi connectivity index (χ0n) is 12.3. The van der Waals surface area contributed by atoms with Crippen LogP contribution in [-0.4, -0.2) is 33.6 Å². The summed E-state index contributed by atoms with van der Waals surface area (Å²) >= 11 is 0. The lowest BCUT2D eigenvalue weighted by atomic mass is 10.2. The predicted octanol–water partition coefficient (Wildman–Crippen LogP) is 2.48. The molecule has 0 saturated heterocycles. The molecule has 0 bridgehead atoms. The Morgan fingerprint density at radius 3 is 2.44 bits per heavy atom. The molecule has 0 aromatic carbocycles. The topological polar surface area (TPSA) is 55.4 Å². The van der Waals surface area contributed by atoms with E-state index in [1.165, 1.54) is 0 Å². The van der Waals surface area contributed by atoms with Gasteiger partial charge in [-0.1, -0.05) is 33.9 Å². The van der Waals surface area contributed by atoms with Gasteiger partial charge >= 0.3 is 12.4 Å². The molecule has 0 unspecified atom stereocenters. The molecular formula is C13H26NO3Si. The van der Waals surface area contributed by atoms with E-state index in [1.807, 2.05) is 0 Å². The summed E-state index contributed by atoms with van der Waals surface area (Å²) in [6.45, 7) is 12.4. The van der Waals surface area contributed by atoms with E-state index in [0.29, 0.717) is 31.0 Å². The molecule has 0 spiro atoms. The van der Waals surface area contributed by atoms with Gasteiger partial charge in [0, 0.05) is 13.0 Å². The molecule has 0 aliphatic carbocycles. The monoisotopic (exact) mass is 272 g/mol. The van der Waals surface area contributed by atoms with Crippen LogP contribution in [0.15, 0.2) is 0 Å². The molecule has 4 nitrogen and oxygen atoms in total. The molecule has 0 heterocycles. The highest BCUT2D eigenvalue weighted by Crippen LogP contribution is 2.38. The molecule has 5 heteroatoms. The summed E-state index contributed by atoms with van der Waals surface area (Å²) in [4.78, 5) is 21.3. The van der Waals surface area contributed by atoms with Crippen molar-refractivity contribution in [2.75, 3.05) is 13.2 Å². The van der Waals surface area contributed by atoms with Gasteiger partial charge in [0.25, 0.3) is 0 Å². The van der Waals surface area contributed by atoms with E-state index in [2.05, 4.69) is 39.2 Å². The molecule has 0 aliphatic heterocycles. The van der Waals surface area contributed by atoms with Gasteiger partial charge in [-0.2, -0.15) is 0 Å². The lowest BCUT2D eigenvalue weighted by Gasteiger charge is -2.36. The van der Waals surface area contributed by atoms with Crippen molar-refractivity contribution in [3.63, 3.8) is 0 Å². The van der Waals surface area contributed by atoms with Crippen LogP contribution in [0, 0.1) is 0 Å². The number of carbonyl (C=O) groups is 1. The third-order valence-electron chi connectivity index (χ3n) is 3.78. The van der Waals surface area contributed by atoms with Gasteiger partial charge in [0.15, 0.2) is 0 Å². The average molecular weight is 272 g/mol. The lowest BCUT2D eigenvalue weighted by molar-refractivity contribution is -0.143. The molecule has 1 N–H and O–H groups in total. The molecule has 105 valence electrons. The van der Waals surface area contributed by atoms with E-state index in [0.717, 1.165) is 6.04 Å². The molecule has 0 saturated carbocycles. The van der Waals surface area contributed by atoms with Crippen molar-refractivity contribution in [2.24, 2.45) is 0 Å². The van der Waals surface area contributed by atoms with E-state index in [1.54, 1.807) is 6.41 Å². The maximum atomic E-state index is 11.4. The number of hydrogen-bond donors (Lipinski definition) is 1. The molecule has 0 aromatic heterocycles. The second-order valence-electron chi connectivity index (χ2n) is 6.24. The fraction of sp³-hybridized carbons (Fsp3) is 0.846. The van der Waals surface area contributed by atoms with Crippen molar-refractivity contribution in [1.82, 2.24) is 5.32 Å². The van der Waals surface area contributed by atoms with E-state index >= 15 is 0 Å². The van der Waals surface area contributed by atoms with Gasteiger partial charge < -0.3 is 10.1 Å². The summed E-state index contributed by atoms with van der Waals surface area (Å²) in [6, 6.07) is 0.989. The van der Waals surface area contributed by atoms with Crippen molar-refractivity contribution in [2.45, 2.75) is 57.8 Å². The Hall–Kier alpha value is -0.843. The standard InChI is InChI=1S/C13H26NO3Si/c1-13(2,3)18(4,5)10-9-17-12(16)7-6-8-14-11-15/h6-10H2,1-5H3,(H,14,15). The van der Waals surface area contributed by atoms with Crippen LogP contribution in [0.3, 0.4) is 0 Å². The van der Waals surface area contributed by atoms with Crippen LogP contribution >= 0.6 is 0 Å². The molecular weight excluding hydrogens is 246 g/mol. The van der Waals surface area contributed by atoms with Gasteiger partial charge in [-0.05, 0) is 17.5 Å². The van der Waals surface area contributed by atoms with Crippen molar-refractivity contribution in [3.8, 4) is 0 Å². The van der Waals surface area contributed by atoms with Crippen LogP contribution in [0.4, 0.5) is 0 Å². The number of nitrogens with one attached hydrogen (secondary N) is 1. The molecule has 18 heavy (non-hydrogen) atoms. The van der Waals surface area contributed by atoms with E-state index < -0.39 is 8.07 Å². The first-order valence-electron chi connectivity index (χ1n) is 6.46. The molecule has 0 atom stereocenters. The van der Waals surface area contributed by atoms with E-state index in [-0.39, 0.29) is 5.97 Å². The van der Waals surface area contributed by atoms with Gasteiger partial charge in [-0.15, -0.1) is 0 Å². The Kier molecular flexibility index (Phi) is 7.21. The summed E-state index contributed by atoms with van der Waals surface area (Å²) in [6.07, 6.45) is 2.53. The molecule has 1 radical (unpaired) electrons. The van der Waals surface area contributed by atoms with Crippen LogP contribution in [0.25, 0.3) is 0 Å². The van der Waals surface area contributed by atoms with Crippen LogP contribution in [0.1, 0.15) is 33.6 Å². The van der Waals surface area contributed by atoms with Gasteiger partial charge in [0.2, 0.25) is 0 Å². The van der Waals surface area contributed by atoms with Crippen LogP contribution < -0.4 is 5.32 Å². The molecule has 0 aromatic rings. The van der Waals surface area contributed by atoms with Gasteiger partial charge in [0.05, 0.1) is 14.7 Å². The van der Waals surface area contributed by atoms with Crippen molar-refractivity contribution in [1.29, 1.82) is 0 Å². The third kappa shape index (κ3) is 6.79. The fourth-order valence-electron chi connectivity index (χ4n) is 1.24. The van der Waals surface area contributed by atoms with Gasteiger partial charge in [0.1, 0.15) is 0 Å². The van der Waals surface area contributed by atoms with Crippen LogP contribution in [0.5, 0.6) is 0 Å². The second kappa shape index (κ2) is 7.56. The maximum absolute atomic E-state index is 11.4. The Labute approximate surface area is 111 Å². The predicted molar refractivity (Wildman–Crippen MR) is 75.9 cm³/mol. The summed E-state index contributed by atoms with van der Waals surface area (Å²) in [5.41, 5.74) is 0. The summed E-state index contributed by atoms with van der Waals surface area (Å²) in [5.74, 6) is -0.179. The quantitative estimate of drug-likeness (QED) is 0.320. The molecule has 0 aliphatic rings. The van der Waals surface area contributed by atoms with Gasteiger partial charge in [-0.25, -0.2) is 0 Å². The highest BCUT2D eigenvalue weighted by Gasteiger charge is 2.34. The Morgan fingerprint density at radius 2 is 1.94 bits per heavy atom. The number of carbonyl (C=O) groups excluding carboxylic acids is 2. The van der Waals surface area contributed by atoms with E-state index in [9.17, 15) is 9.59 Å². The number of esters is 1. The molecule has 1 amide bonds. The van der Waals surface area contributed by atoms with Crippen LogP contribution in [0.2, 0.25) is 24.2 Å². The van der Waals surface area contributed by atoms with E-state index in [4.69, 9.17) is 4.74 Å². The largest absolute Gasteiger partial charge is 0.466 e. The maximum Gasteiger partial charge on any atom is 0.309 e. The highest BCUT2D eigenvalue weighted by atomic mass is 28.3. The first-order chi connectivity index (χ1) is 8.20. The SMILES string of the molecule is CC(C)(C)[Si](C)(C)CCOC(=O)CCCN[C]=O. The summed E-state index contributed by atoms with van der Waals surface area (Å²) < 4.78 is 5.22.